The average Bonchev–Trinajstić information content (AvgIpc) is 1.68. The van der Waals surface area contributed by atoms with Gasteiger partial charge in [0.2, 0.25) is 0 Å². The summed E-state index contributed by atoms with van der Waals surface area (Å²) < 4.78 is 21.5. The van der Waals surface area contributed by atoms with Crippen molar-refractivity contribution in [3.8, 4) is 0 Å². The van der Waals surface area contributed by atoms with E-state index in [1.54, 1.807) is 13.8 Å². The minimum Gasteiger partial charge on any atom is -0.466 e. The molecule has 0 spiro atoms. The van der Waals surface area contributed by atoms with Crippen LogP contribution in [-0.4, -0.2) is 93.1 Å². The van der Waals surface area contributed by atoms with Gasteiger partial charge in [-0.15, -0.1) is 0 Å². The molecule has 0 radical (unpaired) electrons. The molecule has 12 nitrogen and oxygen atoms in total. The lowest BCUT2D eigenvalue weighted by Gasteiger charge is -2.35. The second-order valence-electron chi connectivity index (χ2n) is 29.4. The van der Waals surface area contributed by atoms with E-state index in [1.165, 1.54) is 44.9 Å². The van der Waals surface area contributed by atoms with Gasteiger partial charge in [-0.3, -0.25) is 19.2 Å². The second-order valence-corrected chi connectivity index (χ2v) is 29.4. The molecule has 10 aliphatic carbocycles. The van der Waals surface area contributed by atoms with Gasteiger partial charge in [0.15, 0.2) is 0 Å². The highest BCUT2D eigenvalue weighted by Gasteiger charge is 2.62. The topological polar surface area (TPSA) is 186 Å². The summed E-state index contributed by atoms with van der Waals surface area (Å²) >= 11 is 0. The number of aliphatic hydroxyl groups is 4. The van der Waals surface area contributed by atoms with Gasteiger partial charge in [-0.25, -0.2) is 0 Å². The zero-order valence-electron chi connectivity index (χ0n) is 53.5. The van der Waals surface area contributed by atoms with E-state index in [0.717, 1.165) is 169 Å². The number of allylic oxidation sites excluding steroid dienone is 8. The average molecular weight is 1170 g/mol. The van der Waals surface area contributed by atoms with E-state index >= 15 is 0 Å². The summed E-state index contributed by atoms with van der Waals surface area (Å²) in [5.74, 6) is 10.3. The number of hydrogen-bond donors (Lipinski definition) is 4. The highest BCUT2D eigenvalue weighted by Crippen LogP contribution is 2.67. The van der Waals surface area contributed by atoms with Gasteiger partial charge in [-0.1, -0.05) is 76.3 Å². The second kappa shape index (κ2) is 31.7. The van der Waals surface area contributed by atoms with E-state index in [4.69, 9.17) is 18.9 Å². The van der Waals surface area contributed by atoms with Crippen molar-refractivity contribution in [3.05, 3.63) is 48.6 Å². The van der Waals surface area contributed by atoms with Gasteiger partial charge in [0.05, 0.1) is 60.7 Å². The molecule has 16 atom stereocenters. The SMILES string of the molecule is CC(C)(O)CCCCOC(=O)C1CC2C=CC1C2.CC(C)(O)CCCCOC(=O)CCCC1CC2C=CC1C2.CCC(O)(CC)CCCOC(=O)C1CC2CC1C1C3C=CC(C3)C21.CCC(O)(CC)CCCOC(=O)CCC1CC2C=CC1C2. The molecule has 10 bridgehead atoms. The Labute approximate surface area is 507 Å². The maximum Gasteiger partial charge on any atom is 0.309 e. The first-order valence-electron chi connectivity index (χ1n) is 34.3. The maximum absolute atomic E-state index is 12.6. The molecule has 0 amide bonds. The number of carbonyl (C=O) groups excluding carboxylic acids is 4. The van der Waals surface area contributed by atoms with E-state index < -0.39 is 22.4 Å². The van der Waals surface area contributed by atoms with Crippen LogP contribution >= 0.6 is 0 Å². The first-order valence-corrected chi connectivity index (χ1v) is 34.3. The van der Waals surface area contributed by atoms with Crippen LogP contribution in [0.3, 0.4) is 0 Å². The smallest absolute Gasteiger partial charge is 0.309 e. The van der Waals surface area contributed by atoms with Crippen LogP contribution in [-0.2, 0) is 38.1 Å². The van der Waals surface area contributed by atoms with Gasteiger partial charge in [0.25, 0.3) is 0 Å². The van der Waals surface area contributed by atoms with Crippen LogP contribution in [0.2, 0.25) is 0 Å². The van der Waals surface area contributed by atoms with E-state index in [0.29, 0.717) is 75.3 Å². The third-order valence-corrected chi connectivity index (χ3v) is 22.2. The monoisotopic (exact) mass is 1170 g/mol. The lowest BCUT2D eigenvalue weighted by molar-refractivity contribution is -0.152. The zero-order chi connectivity index (χ0) is 60.7. The Morgan fingerprint density at radius 1 is 0.405 bits per heavy atom. The van der Waals surface area contributed by atoms with E-state index in [2.05, 4.69) is 48.6 Å². The van der Waals surface area contributed by atoms with Crippen LogP contribution in [0.5, 0.6) is 0 Å². The summed E-state index contributed by atoms with van der Waals surface area (Å²) in [6.07, 6.45) is 44.9. The standard InChI is InChI=1S/C21H32O3.2C18H30O3.C15H24O3/c1-3-21(23,4-2)8-5-9-24-20(22)17-12-15-11-16(17)19-14-7-6-13(10-14)18(15)19;1-18(2,20)10-3-4-11-21-17(19)7-5-6-15-12-14-8-9-16(15)13-14;1-3-18(20,4-2)10-5-11-21-17(19)9-8-16-13-14-6-7-15(16)12-14;1-15(2,17)7-3-4-8-18-14(16)13-10-11-5-6-12(13)9-11/h6-7,13-19,23H,3-5,8-12H2,1-2H3;8-9,14-16,20H,3-7,10-13H2,1-2H3;6-7,14-16,20H,3-5,8-13H2,1-2H3;5-6,11-13,17H,3-4,7-10H2,1-2H3. The number of hydrogen-bond acceptors (Lipinski definition) is 12. The highest BCUT2D eigenvalue weighted by molar-refractivity contribution is 5.74. The van der Waals surface area contributed by atoms with Crippen molar-refractivity contribution >= 4 is 23.9 Å². The number of esters is 4. The fourth-order valence-corrected chi connectivity index (χ4v) is 17.0. The van der Waals surface area contributed by atoms with Gasteiger partial charge in [0, 0.05) is 12.8 Å². The fourth-order valence-electron chi connectivity index (χ4n) is 17.0. The summed E-state index contributed by atoms with van der Waals surface area (Å²) in [7, 11) is 0. The summed E-state index contributed by atoms with van der Waals surface area (Å²) in [4.78, 5) is 47.9. The molecule has 0 aliphatic heterocycles. The van der Waals surface area contributed by atoms with Crippen LogP contribution in [0.1, 0.15) is 235 Å². The lowest BCUT2D eigenvalue weighted by atomic mass is 9.69. The molecule has 10 aliphatic rings. The van der Waals surface area contributed by atoms with E-state index in [-0.39, 0.29) is 35.7 Å². The molecule has 0 aromatic carbocycles. The third-order valence-electron chi connectivity index (χ3n) is 22.2. The minimum atomic E-state index is -0.612. The Morgan fingerprint density at radius 3 is 1.32 bits per heavy atom. The van der Waals surface area contributed by atoms with Crippen molar-refractivity contribution in [1.82, 2.24) is 0 Å². The molecule has 0 heterocycles. The van der Waals surface area contributed by atoms with Crippen molar-refractivity contribution in [2.45, 2.75) is 258 Å². The minimum absolute atomic E-state index is 0.0184. The van der Waals surface area contributed by atoms with Crippen LogP contribution in [0.15, 0.2) is 48.6 Å². The quantitative estimate of drug-likeness (QED) is 0.0169. The van der Waals surface area contributed by atoms with Crippen LogP contribution < -0.4 is 0 Å². The van der Waals surface area contributed by atoms with Gasteiger partial charge < -0.3 is 39.4 Å². The molecule has 4 N–H and O–H groups in total. The largest absolute Gasteiger partial charge is 0.466 e. The van der Waals surface area contributed by atoms with Crippen LogP contribution in [0, 0.1) is 94.7 Å². The van der Waals surface area contributed by atoms with Crippen LogP contribution in [0.4, 0.5) is 0 Å². The summed E-state index contributed by atoms with van der Waals surface area (Å²) in [5, 5.41) is 39.6. The third kappa shape index (κ3) is 20.1. The molecular weight excluding hydrogens is 1060 g/mol. The number of fused-ring (bicyclic) bond motifs is 15. The zero-order valence-corrected chi connectivity index (χ0v) is 53.5. The molecule has 6 fully saturated rings. The van der Waals surface area contributed by atoms with Gasteiger partial charge in [-0.2, -0.15) is 0 Å². The van der Waals surface area contributed by atoms with Gasteiger partial charge >= 0.3 is 23.9 Å². The first kappa shape index (κ1) is 68.2. The number of ether oxygens (including phenoxy) is 4. The molecule has 476 valence electrons. The Morgan fingerprint density at radius 2 is 0.845 bits per heavy atom. The van der Waals surface area contributed by atoms with E-state index in [9.17, 15) is 39.6 Å². The highest BCUT2D eigenvalue weighted by atomic mass is 16.5. The van der Waals surface area contributed by atoms with Crippen LogP contribution in [0.25, 0.3) is 0 Å². The Hall–Kier alpha value is -3.32. The van der Waals surface area contributed by atoms with Crippen molar-refractivity contribution in [1.29, 1.82) is 0 Å². The molecule has 84 heavy (non-hydrogen) atoms. The predicted octanol–water partition coefficient (Wildman–Crippen LogP) is 14.3. The summed E-state index contributed by atoms with van der Waals surface area (Å²) in [6, 6.07) is 0. The predicted molar refractivity (Wildman–Crippen MR) is 331 cm³/mol. The lowest BCUT2D eigenvalue weighted by Crippen LogP contribution is -2.35. The Balaban J connectivity index is 0.000000162. The molecule has 10 rings (SSSR count). The van der Waals surface area contributed by atoms with Crippen molar-refractivity contribution in [3.63, 3.8) is 0 Å². The molecular formula is C72H116O12. The van der Waals surface area contributed by atoms with Gasteiger partial charge in [-0.05, 0) is 277 Å². The van der Waals surface area contributed by atoms with Crippen molar-refractivity contribution in [2.75, 3.05) is 26.4 Å². The summed E-state index contributed by atoms with van der Waals surface area (Å²) in [5.41, 5.74) is -2.39. The molecule has 12 heteroatoms. The maximum atomic E-state index is 12.6. The van der Waals surface area contributed by atoms with E-state index in [1.807, 2.05) is 41.5 Å². The fraction of sp³-hybridized carbons (Fsp3) is 0.833. The Bertz CT molecular complexity index is 2190. The number of unbranched alkanes of at least 4 members (excludes halogenated alkanes) is 2. The number of rotatable bonds is 31. The molecule has 16 unspecified atom stereocenters. The normalized spacial score (nSPS) is 32.0. The van der Waals surface area contributed by atoms with Crippen molar-refractivity contribution < 1.29 is 58.6 Å². The first-order chi connectivity index (χ1) is 40.0. The van der Waals surface area contributed by atoms with Crippen molar-refractivity contribution in [2.24, 2.45) is 94.7 Å². The van der Waals surface area contributed by atoms with Gasteiger partial charge in [0.1, 0.15) is 0 Å². The summed E-state index contributed by atoms with van der Waals surface area (Å²) in [6.45, 7) is 17.2. The molecule has 0 aromatic rings. The Kier molecular flexibility index (Phi) is 25.8. The number of carbonyl (C=O) groups is 4. The molecule has 0 saturated heterocycles. The molecule has 6 saturated carbocycles. The molecule has 0 aromatic heterocycles.